The van der Waals surface area contributed by atoms with E-state index < -0.39 is 0 Å². The molecule has 0 bridgehead atoms. The summed E-state index contributed by atoms with van der Waals surface area (Å²) in [6, 6.07) is 14.6. The monoisotopic (exact) mass is 721 g/mol. The third kappa shape index (κ3) is 6.28. The topological polar surface area (TPSA) is 122 Å². The van der Waals surface area contributed by atoms with Gasteiger partial charge in [-0.1, -0.05) is 48.0 Å². The molecule has 11 nitrogen and oxygen atoms in total. The number of aromatic nitrogens is 3. The van der Waals surface area contributed by atoms with Crippen LogP contribution in [-0.2, 0) is 22.6 Å². The third-order valence-corrected chi connectivity index (χ3v) is 11.6. The molecule has 0 saturated carbocycles. The number of benzene rings is 2. The zero-order valence-corrected chi connectivity index (χ0v) is 30.8. The van der Waals surface area contributed by atoms with E-state index in [-0.39, 0.29) is 29.3 Å². The number of nitrogens with one attached hydrogen (secondary N) is 2. The van der Waals surface area contributed by atoms with Crippen LogP contribution in [0.25, 0.3) is 33.6 Å². The first-order valence-electron chi connectivity index (χ1n) is 18.0. The van der Waals surface area contributed by atoms with Crippen LogP contribution in [0.3, 0.4) is 0 Å². The van der Waals surface area contributed by atoms with Crippen molar-refractivity contribution in [3.63, 3.8) is 0 Å². The average Bonchev–Trinajstić information content (AvgIpc) is 3.73. The molecular formula is C40H44ClN7O4. The molecule has 2 unspecified atom stereocenters. The lowest BCUT2D eigenvalue weighted by Gasteiger charge is -2.60. The van der Waals surface area contributed by atoms with Crippen LogP contribution in [0.15, 0.2) is 48.7 Å². The first kappa shape index (κ1) is 34.5. The van der Waals surface area contributed by atoms with E-state index in [1.165, 1.54) is 5.56 Å². The Morgan fingerprint density at radius 2 is 1.67 bits per heavy atom. The third-order valence-electron chi connectivity index (χ3n) is 11.2. The van der Waals surface area contributed by atoms with Crippen LogP contribution in [0, 0.1) is 12.3 Å². The van der Waals surface area contributed by atoms with Crippen molar-refractivity contribution in [3.8, 4) is 45.4 Å². The minimum Gasteiger partial charge on any atom is -0.481 e. The fourth-order valence-corrected chi connectivity index (χ4v) is 8.90. The van der Waals surface area contributed by atoms with Crippen molar-refractivity contribution < 1.29 is 19.1 Å². The summed E-state index contributed by atoms with van der Waals surface area (Å²) in [5.41, 5.74) is 9.52. The molecule has 2 N–H and O–H groups in total. The van der Waals surface area contributed by atoms with Gasteiger partial charge in [0, 0.05) is 92.4 Å². The van der Waals surface area contributed by atoms with Crippen LogP contribution in [-0.4, -0.2) is 89.6 Å². The maximum atomic E-state index is 11.7. The van der Waals surface area contributed by atoms with Crippen molar-refractivity contribution in [2.45, 2.75) is 58.2 Å². The Labute approximate surface area is 309 Å². The fraction of sp³-hybridized carbons (Fsp3) is 0.425. The minimum atomic E-state index is 0.113. The summed E-state index contributed by atoms with van der Waals surface area (Å²) in [7, 11) is 3.30. The molecule has 1 aliphatic carbocycles. The van der Waals surface area contributed by atoms with Gasteiger partial charge in [-0.2, -0.15) is 0 Å². The number of ether oxygens (including phenoxy) is 2. The number of halogens is 1. The van der Waals surface area contributed by atoms with E-state index in [0.717, 1.165) is 102 Å². The number of aryl methyl sites for hydroxylation is 1. The van der Waals surface area contributed by atoms with Gasteiger partial charge in [-0.05, 0) is 48.9 Å². The van der Waals surface area contributed by atoms with Gasteiger partial charge in [0.25, 0.3) is 0 Å². The fourth-order valence-electron chi connectivity index (χ4n) is 8.57. The van der Waals surface area contributed by atoms with Gasteiger partial charge in [0.1, 0.15) is 5.69 Å². The number of carbonyl (C=O) groups excluding carboxylic acids is 2. The highest BCUT2D eigenvalue weighted by molar-refractivity contribution is 6.36. The van der Waals surface area contributed by atoms with Crippen molar-refractivity contribution in [1.29, 1.82) is 0 Å². The van der Waals surface area contributed by atoms with E-state index in [1.807, 2.05) is 41.4 Å². The summed E-state index contributed by atoms with van der Waals surface area (Å²) in [6.45, 7) is 8.65. The van der Waals surface area contributed by atoms with Gasteiger partial charge in [0.05, 0.1) is 36.8 Å². The van der Waals surface area contributed by atoms with Crippen molar-refractivity contribution in [2.24, 2.45) is 5.41 Å². The Kier molecular flexibility index (Phi) is 9.13. The summed E-state index contributed by atoms with van der Waals surface area (Å²) in [4.78, 5) is 42.3. The highest BCUT2D eigenvalue weighted by Crippen LogP contribution is 2.44. The number of hydrogen-bond acceptors (Lipinski definition) is 9. The Bertz CT molecular complexity index is 2060. The SMILES string of the molecule is COc1nc(-c2cccc(-c3cccc(-c4cc5c(c(OC)n4)C(NCC4CCC(=O)N4)CC5)c3Cl)c2C)cnc1CN1CC2(C1)CN(C(C)=O)C2. The lowest BCUT2D eigenvalue weighted by molar-refractivity contribution is -0.157. The number of carbonyl (C=O) groups is 2. The van der Waals surface area contributed by atoms with Crippen molar-refractivity contribution in [2.75, 3.05) is 46.9 Å². The largest absolute Gasteiger partial charge is 0.481 e. The maximum Gasteiger partial charge on any atom is 0.237 e. The number of nitrogens with zero attached hydrogens (tertiary/aromatic N) is 5. The summed E-state index contributed by atoms with van der Waals surface area (Å²) < 4.78 is 11.6. The molecule has 0 radical (unpaired) electrons. The molecular weight excluding hydrogens is 678 g/mol. The maximum absolute atomic E-state index is 11.7. The quantitative estimate of drug-likeness (QED) is 0.223. The van der Waals surface area contributed by atoms with Crippen molar-refractivity contribution in [3.05, 3.63) is 76.1 Å². The van der Waals surface area contributed by atoms with Crippen molar-refractivity contribution in [1.82, 2.24) is 35.4 Å². The number of likely N-dealkylation sites (tertiary alicyclic amines) is 2. The van der Waals surface area contributed by atoms with Gasteiger partial charge in [0.15, 0.2) is 0 Å². The first-order valence-corrected chi connectivity index (χ1v) is 18.4. The van der Waals surface area contributed by atoms with Gasteiger partial charge in [-0.25, -0.2) is 9.97 Å². The van der Waals surface area contributed by atoms with Crippen LogP contribution in [0.5, 0.6) is 11.8 Å². The number of fused-ring (bicyclic) bond motifs is 1. The van der Waals surface area contributed by atoms with Gasteiger partial charge in [0.2, 0.25) is 23.6 Å². The molecule has 2 aromatic heterocycles. The van der Waals surface area contributed by atoms with Gasteiger partial charge in [-0.3, -0.25) is 19.5 Å². The zero-order chi connectivity index (χ0) is 36.1. The van der Waals surface area contributed by atoms with Crippen molar-refractivity contribution >= 4 is 23.4 Å². The normalized spacial score (nSPS) is 20.3. The minimum absolute atomic E-state index is 0.113. The standard InChI is InChI=1S/C40H44ClN7O4/c1-23-27(7-5-8-28(23)33-17-43-34(38(46-33)51-3)18-47-19-40(20-47)21-48(22-40)24(2)49)29-9-6-10-30(37(29)41)32-15-25-11-13-31(36(25)39(45-32)52-4)42-16-26-12-14-35(50)44-26/h5-10,15,17,26,31,42H,11-14,16,18-22H2,1-4H3,(H,44,50). The molecule has 5 heterocycles. The molecule has 4 aromatic rings. The highest BCUT2D eigenvalue weighted by atomic mass is 35.5. The molecule has 8 rings (SSSR count). The van der Waals surface area contributed by atoms with Crippen LogP contribution in [0.1, 0.15) is 54.6 Å². The molecule has 12 heteroatoms. The Morgan fingerprint density at radius 1 is 0.962 bits per heavy atom. The predicted molar refractivity (Wildman–Crippen MR) is 199 cm³/mol. The molecule has 3 aliphatic heterocycles. The van der Waals surface area contributed by atoms with Gasteiger partial charge >= 0.3 is 0 Å². The number of rotatable bonds is 10. The zero-order valence-electron chi connectivity index (χ0n) is 30.1. The lowest BCUT2D eigenvalue weighted by atomic mass is 9.73. The van der Waals surface area contributed by atoms with Crippen LogP contribution in [0.4, 0.5) is 0 Å². The molecule has 1 spiro atoms. The number of amides is 2. The second kappa shape index (κ2) is 13.8. The van der Waals surface area contributed by atoms with Crippen LogP contribution >= 0.6 is 11.6 Å². The molecule has 3 fully saturated rings. The Hall–Kier alpha value is -4.58. The van der Waals surface area contributed by atoms with E-state index in [0.29, 0.717) is 29.7 Å². The number of hydrogen-bond donors (Lipinski definition) is 2. The second-order valence-electron chi connectivity index (χ2n) is 14.8. The average molecular weight is 722 g/mol. The Morgan fingerprint density at radius 3 is 2.38 bits per heavy atom. The molecule has 3 saturated heterocycles. The smallest absolute Gasteiger partial charge is 0.237 e. The van der Waals surface area contributed by atoms with Crippen LogP contribution < -0.4 is 20.1 Å². The highest BCUT2D eigenvalue weighted by Gasteiger charge is 2.52. The van der Waals surface area contributed by atoms with Gasteiger partial charge in [-0.15, -0.1) is 0 Å². The van der Waals surface area contributed by atoms with E-state index in [4.69, 9.17) is 36.0 Å². The summed E-state index contributed by atoms with van der Waals surface area (Å²) in [6.07, 6.45) is 5.11. The molecule has 270 valence electrons. The number of methoxy groups -OCH3 is 2. The summed E-state index contributed by atoms with van der Waals surface area (Å²) in [5, 5.41) is 7.31. The molecule has 52 heavy (non-hydrogen) atoms. The number of pyridine rings is 1. The van der Waals surface area contributed by atoms with E-state index in [2.05, 4.69) is 34.6 Å². The summed E-state index contributed by atoms with van der Waals surface area (Å²) >= 11 is 7.25. The first-order chi connectivity index (χ1) is 25.1. The lowest BCUT2D eigenvalue weighted by Crippen LogP contribution is -2.72. The molecule has 4 aliphatic rings. The van der Waals surface area contributed by atoms with E-state index in [9.17, 15) is 9.59 Å². The second-order valence-corrected chi connectivity index (χ2v) is 15.1. The molecule has 2 aromatic carbocycles. The Balaban J connectivity index is 1.02. The van der Waals surface area contributed by atoms with E-state index in [1.54, 1.807) is 21.1 Å². The van der Waals surface area contributed by atoms with Crippen LogP contribution in [0.2, 0.25) is 5.02 Å². The van der Waals surface area contributed by atoms with Gasteiger partial charge < -0.3 is 25.0 Å². The van der Waals surface area contributed by atoms with E-state index >= 15 is 0 Å². The summed E-state index contributed by atoms with van der Waals surface area (Å²) in [5.74, 6) is 1.39. The predicted octanol–water partition coefficient (Wildman–Crippen LogP) is 5.37. The molecule has 2 atom stereocenters. The molecule has 2 amide bonds.